The van der Waals surface area contributed by atoms with E-state index in [9.17, 15) is 43.2 Å². The van der Waals surface area contributed by atoms with Crippen molar-refractivity contribution >= 4 is 39.5 Å². The van der Waals surface area contributed by atoms with Crippen molar-refractivity contribution < 1.29 is 80.2 Å². The van der Waals surface area contributed by atoms with Crippen LogP contribution in [0.3, 0.4) is 0 Å². The normalized spacial score (nSPS) is 14.4. The fourth-order valence-electron chi connectivity index (χ4n) is 9.78. The number of unbranched alkanes of at least 4 members (excludes halogenated alkanes) is 29. The molecule has 0 aliphatic heterocycles. The third kappa shape index (κ3) is 60.7. The molecule has 19 heteroatoms. The van der Waals surface area contributed by atoms with E-state index in [0.717, 1.165) is 108 Å². The Hall–Kier alpha value is -1.94. The van der Waals surface area contributed by atoms with Crippen molar-refractivity contribution in [3.05, 3.63) is 0 Å². The van der Waals surface area contributed by atoms with Gasteiger partial charge in [-0.2, -0.15) is 0 Å². The highest BCUT2D eigenvalue weighted by Gasteiger charge is 2.30. The average molecular weight is 1260 g/mol. The molecule has 0 aliphatic rings. The van der Waals surface area contributed by atoms with Gasteiger partial charge < -0.3 is 33.8 Å². The lowest BCUT2D eigenvalue weighted by Gasteiger charge is -2.21. The van der Waals surface area contributed by atoms with Gasteiger partial charge in [0.1, 0.15) is 19.3 Å². The second-order valence-corrected chi connectivity index (χ2v) is 28.7. The summed E-state index contributed by atoms with van der Waals surface area (Å²) in [4.78, 5) is 72.3. The molecule has 5 atom stereocenters. The third-order valence-electron chi connectivity index (χ3n) is 15.1. The first-order chi connectivity index (χ1) is 40.6. The number of aliphatic hydroxyl groups excluding tert-OH is 1. The monoisotopic (exact) mass is 1250 g/mol. The summed E-state index contributed by atoms with van der Waals surface area (Å²) in [5, 5.41) is 10.5. The van der Waals surface area contributed by atoms with Crippen LogP contribution in [0.2, 0.25) is 0 Å². The van der Waals surface area contributed by atoms with Gasteiger partial charge in [0, 0.05) is 25.7 Å². The number of rotatable bonds is 63. The zero-order valence-electron chi connectivity index (χ0n) is 55.2. The summed E-state index contributed by atoms with van der Waals surface area (Å²) in [5.74, 6) is 0.751. The van der Waals surface area contributed by atoms with Crippen LogP contribution in [0.1, 0.15) is 319 Å². The Balaban J connectivity index is 5.24. The third-order valence-corrected chi connectivity index (χ3v) is 17.0. The molecule has 504 valence electrons. The maximum absolute atomic E-state index is 13.0. The fourth-order valence-corrected chi connectivity index (χ4v) is 11.4. The molecule has 0 saturated heterocycles. The Morgan fingerprint density at radius 2 is 0.494 bits per heavy atom. The molecule has 0 aliphatic carbocycles. The van der Waals surface area contributed by atoms with E-state index >= 15 is 0 Å². The average Bonchev–Trinajstić information content (AvgIpc) is 3.45. The van der Waals surface area contributed by atoms with E-state index in [1.807, 2.05) is 0 Å². The number of carbonyl (C=O) groups is 4. The lowest BCUT2D eigenvalue weighted by atomic mass is 10.0. The molecule has 0 rings (SSSR count). The van der Waals surface area contributed by atoms with Gasteiger partial charge in [-0.15, -0.1) is 0 Å². The highest BCUT2D eigenvalue weighted by molar-refractivity contribution is 7.47. The standard InChI is InChI=1S/C66H128O17P2/c1-56(2)42-34-26-18-12-9-10-14-21-30-38-46-63(68)76-52-61(82-65(70)48-40-32-23-15-11-13-19-27-35-43-57(3)4)54-80-84(72,73)78-50-60(67)51-79-85(74,75)81-55-62(83-66(71)49-41-33-25-24-29-37-45-59(7)8)53-77-64(69)47-39-31-22-17-16-20-28-36-44-58(5)6/h56-62,67H,9-55H2,1-8H3,(H,72,73)(H,74,75)/t60?,61-,62-/m1/s1. The van der Waals surface area contributed by atoms with Crippen LogP contribution in [0.4, 0.5) is 0 Å². The van der Waals surface area contributed by atoms with Crippen LogP contribution in [0.5, 0.6) is 0 Å². The van der Waals surface area contributed by atoms with Gasteiger partial charge in [0.15, 0.2) is 12.2 Å². The predicted molar refractivity (Wildman–Crippen MR) is 340 cm³/mol. The molecule has 0 aromatic carbocycles. The van der Waals surface area contributed by atoms with Crippen molar-refractivity contribution in [2.45, 2.75) is 337 Å². The molecule has 0 saturated carbocycles. The van der Waals surface area contributed by atoms with E-state index in [-0.39, 0.29) is 25.7 Å². The van der Waals surface area contributed by atoms with Gasteiger partial charge in [-0.05, 0) is 49.4 Å². The van der Waals surface area contributed by atoms with Gasteiger partial charge in [-0.3, -0.25) is 37.3 Å². The molecule has 0 aromatic rings. The van der Waals surface area contributed by atoms with E-state index in [4.69, 9.17) is 37.0 Å². The van der Waals surface area contributed by atoms with Crippen molar-refractivity contribution in [1.29, 1.82) is 0 Å². The lowest BCUT2D eigenvalue weighted by molar-refractivity contribution is -0.161. The van der Waals surface area contributed by atoms with Crippen LogP contribution in [-0.2, 0) is 65.4 Å². The first-order valence-corrected chi connectivity index (χ1v) is 37.2. The van der Waals surface area contributed by atoms with Gasteiger partial charge in [-0.1, -0.05) is 267 Å². The quantitative estimate of drug-likeness (QED) is 0.0222. The summed E-state index contributed by atoms with van der Waals surface area (Å²) in [7, 11) is -9.89. The summed E-state index contributed by atoms with van der Waals surface area (Å²) >= 11 is 0. The lowest BCUT2D eigenvalue weighted by Crippen LogP contribution is -2.30. The van der Waals surface area contributed by atoms with Crippen LogP contribution < -0.4 is 0 Å². The first-order valence-electron chi connectivity index (χ1n) is 34.2. The minimum absolute atomic E-state index is 0.101. The summed E-state index contributed by atoms with van der Waals surface area (Å²) in [6, 6.07) is 0. The molecule has 3 unspecified atom stereocenters. The van der Waals surface area contributed by atoms with Crippen LogP contribution in [0, 0.1) is 23.7 Å². The van der Waals surface area contributed by atoms with Crippen molar-refractivity contribution in [2.75, 3.05) is 39.6 Å². The number of esters is 4. The number of ether oxygens (including phenoxy) is 4. The molecule has 85 heavy (non-hydrogen) atoms. The van der Waals surface area contributed by atoms with Crippen molar-refractivity contribution in [3.63, 3.8) is 0 Å². The van der Waals surface area contributed by atoms with Gasteiger partial charge in [0.2, 0.25) is 0 Å². The maximum Gasteiger partial charge on any atom is 0.472 e. The summed E-state index contributed by atoms with van der Waals surface area (Å²) < 4.78 is 68.1. The fraction of sp³-hybridized carbons (Fsp3) is 0.939. The minimum Gasteiger partial charge on any atom is -0.462 e. The van der Waals surface area contributed by atoms with E-state index < -0.39 is 97.5 Å². The van der Waals surface area contributed by atoms with E-state index in [2.05, 4.69) is 55.4 Å². The zero-order valence-corrected chi connectivity index (χ0v) is 57.0. The van der Waals surface area contributed by atoms with Crippen molar-refractivity contribution in [1.82, 2.24) is 0 Å². The number of carbonyl (C=O) groups excluding carboxylic acids is 4. The van der Waals surface area contributed by atoms with Crippen molar-refractivity contribution in [3.8, 4) is 0 Å². The van der Waals surface area contributed by atoms with E-state index in [1.165, 1.54) is 122 Å². The van der Waals surface area contributed by atoms with Crippen LogP contribution in [-0.4, -0.2) is 96.7 Å². The van der Waals surface area contributed by atoms with Crippen LogP contribution in [0.15, 0.2) is 0 Å². The highest BCUT2D eigenvalue weighted by Crippen LogP contribution is 2.45. The molecular weight excluding hydrogens is 1130 g/mol. The first kappa shape index (κ1) is 83.1. The molecule has 0 spiro atoms. The Morgan fingerprint density at radius 3 is 0.729 bits per heavy atom. The van der Waals surface area contributed by atoms with Crippen LogP contribution in [0.25, 0.3) is 0 Å². The molecule has 0 aromatic heterocycles. The summed E-state index contributed by atoms with van der Waals surface area (Å²) in [6.45, 7) is 14.0. The number of phosphoric ester groups is 2. The molecule has 17 nitrogen and oxygen atoms in total. The Morgan fingerprint density at radius 1 is 0.294 bits per heavy atom. The Kier molecular flexibility index (Phi) is 54.8. The van der Waals surface area contributed by atoms with E-state index in [0.29, 0.717) is 31.6 Å². The topological polar surface area (TPSA) is 237 Å². The number of phosphoric acid groups is 2. The van der Waals surface area contributed by atoms with Gasteiger partial charge >= 0.3 is 39.5 Å². The van der Waals surface area contributed by atoms with Gasteiger partial charge in [-0.25, -0.2) is 9.13 Å². The zero-order chi connectivity index (χ0) is 63.2. The number of hydrogen-bond acceptors (Lipinski definition) is 15. The summed E-state index contributed by atoms with van der Waals surface area (Å²) in [5.41, 5.74) is 0. The molecule has 0 heterocycles. The molecule has 0 radical (unpaired) electrons. The molecular formula is C66H128O17P2. The molecule has 0 bridgehead atoms. The largest absolute Gasteiger partial charge is 0.472 e. The predicted octanol–water partition coefficient (Wildman–Crippen LogP) is 18.1. The van der Waals surface area contributed by atoms with Gasteiger partial charge in [0.05, 0.1) is 26.4 Å². The number of aliphatic hydroxyl groups is 1. The SMILES string of the molecule is CC(C)CCCCCCCCCCCCC(=O)OC[C@H](COP(=O)(O)OCC(O)COP(=O)(O)OC[C@@H](COC(=O)CCCCCCCCCCC(C)C)OC(=O)CCCCCCCCC(C)C)OC(=O)CCCCCCCCCCCC(C)C. The van der Waals surface area contributed by atoms with Crippen LogP contribution >= 0.6 is 15.6 Å². The maximum atomic E-state index is 13.0. The minimum atomic E-state index is -4.95. The summed E-state index contributed by atoms with van der Waals surface area (Å²) in [6.07, 6.45) is 36.4. The number of hydrogen-bond donors (Lipinski definition) is 3. The van der Waals surface area contributed by atoms with E-state index in [1.54, 1.807) is 0 Å². The Bertz CT molecular complexity index is 1700. The Labute approximate surface area is 517 Å². The molecule has 0 amide bonds. The second kappa shape index (κ2) is 56.1. The van der Waals surface area contributed by atoms with Gasteiger partial charge in [0.25, 0.3) is 0 Å². The van der Waals surface area contributed by atoms with Crippen molar-refractivity contribution in [2.24, 2.45) is 23.7 Å². The highest BCUT2D eigenvalue weighted by atomic mass is 31.2. The molecule has 0 fully saturated rings. The molecule has 3 N–H and O–H groups in total. The smallest absolute Gasteiger partial charge is 0.462 e. The second-order valence-electron chi connectivity index (χ2n) is 25.8.